The van der Waals surface area contributed by atoms with Crippen LogP contribution in [-0.2, 0) is 16.0 Å². The summed E-state index contributed by atoms with van der Waals surface area (Å²) >= 11 is 5.94. The Morgan fingerprint density at radius 2 is 2.19 bits per heavy atom. The second-order valence-electron chi connectivity index (χ2n) is 3.30. The Bertz CT molecular complexity index is 381. The minimum Gasteiger partial charge on any atom is -0.495 e. The van der Waals surface area contributed by atoms with E-state index in [-0.39, 0.29) is 0 Å². The lowest BCUT2D eigenvalue weighted by Crippen LogP contribution is -2.33. The number of ether oxygens (including phenoxy) is 2. The second-order valence-corrected chi connectivity index (χ2v) is 3.71. The third-order valence-corrected chi connectivity index (χ3v) is 2.47. The number of carbonyl (C=O) groups is 1. The number of benzene rings is 1. The number of hydrogen-bond acceptors (Lipinski definition) is 4. The molecule has 4 nitrogen and oxygen atoms in total. The van der Waals surface area contributed by atoms with Gasteiger partial charge in [0.25, 0.3) is 0 Å². The summed E-state index contributed by atoms with van der Waals surface area (Å²) in [5, 5.41) is 0.497. The summed E-state index contributed by atoms with van der Waals surface area (Å²) < 4.78 is 9.56. The van der Waals surface area contributed by atoms with Crippen molar-refractivity contribution < 1.29 is 14.3 Å². The molecule has 0 aliphatic heterocycles. The standard InChI is InChI=1S/C11H14ClNO3/c1-15-10-4-3-7(5-8(10)12)6-9(13)11(14)16-2/h3-5,9H,6,13H2,1-2H3/t9-/m1/s1. The van der Waals surface area contributed by atoms with E-state index < -0.39 is 12.0 Å². The molecule has 0 saturated carbocycles. The Hall–Kier alpha value is -1.26. The highest BCUT2D eigenvalue weighted by Crippen LogP contribution is 2.25. The van der Waals surface area contributed by atoms with Gasteiger partial charge in [0.15, 0.2) is 0 Å². The zero-order chi connectivity index (χ0) is 12.1. The van der Waals surface area contributed by atoms with Crippen molar-refractivity contribution in [1.82, 2.24) is 0 Å². The maximum Gasteiger partial charge on any atom is 0.322 e. The zero-order valence-corrected chi connectivity index (χ0v) is 9.95. The summed E-state index contributed by atoms with van der Waals surface area (Å²) in [4.78, 5) is 11.1. The van der Waals surface area contributed by atoms with Crippen molar-refractivity contribution in [3.05, 3.63) is 28.8 Å². The van der Waals surface area contributed by atoms with E-state index in [1.54, 1.807) is 19.2 Å². The van der Waals surface area contributed by atoms with Crippen LogP contribution in [0.2, 0.25) is 5.02 Å². The van der Waals surface area contributed by atoms with Crippen LogP contribution in [-0.4, -0.2) is 26.2 Å². The molecule has 5 heteroatoms. The van der Waals surface area contributed by atoms with Gasteiger partial charge in [0.2, 0.25) is 0 Å². The lowest BCUT2D eigenvalue weighted by atomic mass is 10.1. The fourth-order valence-electron chi connectivity index (χ4n) is 1.33. The highest BCUT2D eigenvalue weighted by Gasteiger charge is 2.14. The van der Waals surface area contributed by atoms with E-state index in [1.807, 2.05) is 6.07 Å². The maximum absolute atomic E-state index is 11.1. The van der Waals surface area contributed by atoms with Crippen molar-refractivity contribution in [3.8, 4) is 5.75 Å². The summed E-state index contributed by atoms with van der Waals surface area (Å²) in [5.74, 6) is 0.156. The molecule has 0 amide bonds. The van der Waals surface area contributed by atoms with Gasteiger partial charge in [0, 0.05) is 0 Å². The fourth-order valence-corrected chi connectivity index (χ4v) is 1.61. The molecule has 1 rings (SSSR count). The second kappa shape index (κ2) is 5.72. The van der Waals surface area contributed by atoms with Crippen LogP contribution in [0.25, 0.3) is 0 Å². The molecular weight excluding hydrogens is 230 g/mol. The minimum absolute atomic E-state index is 0.385. The van der Waals surface area contributed by atoms with Gasteiger partial charge >= 0.3 is 5.97 Å². The smallest absolute Gasteiger partial charge is 0.322 e. The summed E-state index contributed by atoms with van der Waals surface area (Å²) in [6.07, 6.45) is 0.385. The molecule has 0 unspecified atom stereocenters. The third-order valence-electron chi connectivity index (χ3n) is 2.18. The summed E-state index contributed by atoms with van der Waals surface area (Å²) in [5.41, 5.74) is 6.50. The van der Waals surface area contributed by atoms with Crippen LogP contribution >= 0.6 is 11.6 Å². The van der Waals surface area contributed by atoms with E-state index in [2.05, 4.69) is 4.74 Å². The number of rotatable bonds is 4. The van der Waals surface area contributed by atoms with Gasteiger partial charge in [-0.1, -0.05) is 17.7 Å². The topological polar surface area (TPSA) is 61.5 Å². The predicted molar refractivity (Wildman–Crippen MR) is 61.7 cm³/mol. The highest BCUT2D eigenvalue weighted by molar-refractivity contribution is 6.32. The first-order chi connectivity index (χ1) is 7.58. The lowest BCUT2D eigenvalue weighted by Gasteiger charge is -2.10. The minimum atomic E-state index is -0.672. The van der Waals surface area contributed by atoms with Crippen LogP contribution in [0.1, 0.15) is 5.56 Å². The number of hydrogen-bond donors (Lipinski definition) is 1. The SMILES string of the molecule is COC(=O)[C@H](N)Cc1ccc(OC)c(Cl)c1. The average Bonchev–Trinajstić information content (AvgIpc) is 2.28. The van der Waals surface area contributed by atoms with Crippen LogP contribution < -0.4 is 10.5 Å². The van der Waals surface area contributed by atoms with Gasteiger partial charge in [-0.05, 0) is 24.1 Å². The van der Waals surface area contributed by atoms with Crippen molar-refractivity contribution in [1.29, 1.82) is 0 Å². The first-order valence-corrected chi connectivity index (χ1v) is 5.12. The Balaban J connectivity index is 2.75. The van der Waals surface area contributed by atoms with Gasteiger partial charge in [0.1, 0.15) is 11.8 Å². The largest absolute Gasteiger partial charge is 0.495 e. The molecular formula is C11H14ClNO3. The lowest BCUT2D eigenvalue weighted by molar-refractivity contribution is -0.142. The number of halogens is 1. The molecule has 1 aromatic rings. The fraction of sp³-hybridized carbons (Fsp3) is 0.364. The molecule has 0 aliphatic rings. The van der Waals surface area contributed by atoms with Crippen LogP contribution in [0.4, 0.5) is 0 Å². The van der Waals surface area contributed by atoms with Crippen molar-refractivity contribution >= 4 is 17.6 Å². The molecule has 0 bridgehead atoms. The van der Waals surface area contributed by atoms with Gasteiger partial charge in [-0.2, -0.15) is 0 Å². The van der Waals surface area contributed by atoms with Gasteiger partial charge in [-0.3, -0.25) is 4.79 Å². The van der Waals surface area contributed by atoms with Crippen LogP contribution in [0.15, 0.2) is 18.2 Å². The third kappa shape index (κ3) is 3.12. The van der Waals surface area contributed by atoms with Gasteiger partial charge in [-0.25, -0.2) is 0 Å². The van der Waals surface area contributed by atoms with Crippen LogP contribution in [0.3, 0.4) is 0 Å². The van der Waals surface area contributed by atoms with E-state index in [9.17, 15) is 4.79 Å². The predicted octanol–water partition coefficient (Wildman–Crippen LogP) is 1.39. The van der Waals surface area contributed by atoms with Gasteiger partial charge in [0.05, 0.1) is 19.2 Å². The first-order valence-electron chi connectivity index (χ1n) is 4.74. The highest BCUT2D eigenvalue weighted by atomic mass is 35.5. The quantitative estimate of drug-likeness (QED) is 0.812. The van der Waals surface area contributed by atoms with Crippen molar-refractivity contribution in [2.75, 3.05) is 14.2 Å². The Morgan fingerprint density at radius 3 is 2.69 bits per heavy atom. The first kappa shape index (κ1) is 12.8. The molecule has 2 N–H and O–H groups in total. The Morgan fingerprint density at radius 1 is 1.50 bits per heavy atom. The molecule has 0 aromatic heterocycles. The summed E-state index contributed by atoms with van der Waals surface area (Å²) in [6.45, 7) is 0. The molecule has 88 valence electrons. The molecule has 0 fully saturated rings. The van der Waals surface area contributed by atoms with E-state index in [0.29, 0.717) is 17.2 Å². The zero-order valence-electron chi connectivity index (χ0n) is 9.20. The molecule has 0 heterocycles. The van der Waals surface area contributed by atoms with Crippen LogP contribution in [0, 0.1) is 0 Å². The van der Waals surface area contributed by atoms with E-state index in [4.69, 9.17) is 22.1 Å². The summed E-state index contributed by atoms with van der Waals surface area (Å²) in [6, 6.07) is 4.60. The number of nitrogens with two attached hydrogens (primary N) is 1. The normalized spacial score (nSPS) is 12.0. The monoisotopic (exact) mass is 243 g/mol. The number of carbonyl (C=O) groups excluding carboxylic acids is 1. The van der Waals surface area contributed by atoms with E-state index >= 15 is 0 Å². The van der Waals surface area contributed by atoms with Gasteiger partial charge in [-0.15, -0.1) is 0 Å². The molecule has 1 aromatic carbocycles. The molecule has 0 radical (unpaired) electrons. The molecule has 1 atom stereocenters. The molecule has 0 spiro atoms. The maximum atomic E-state index is 11.1. The van der Waals surface area contributed by atoms with E-state index in [1.165, 1.54) is 7.11 Å². The Kier molecular flexibility index (Phi) is 4.58. The molecule has 16 heavy (non-hydrogen) atoms. The summed E-state index contributed by atoms with van der Waals surface area (Å²) in [7, 11) is 2.85. The van der Waals surface area contributed by atoms with Gasteiger partial charge < -0.3 is 15.2 Å². The Labute approximate surface area is 99.3 Å². The van der Waals surface area contributed by atoms with Crippen molar-refractivity contribution in [2.45, 2.75) is 12.5 Å². The van der Waals surface area contributed by atoms with Crippen molar-refractivity contribution in [3.63, 3.8) is 0 Å². The molecule has 0 saturated heterocycles. The average molecular weight is 244 g/mol. The number of methoxy groups -OCH3 is 2. The van der Waals surface area contributed by atoms with E-state index in [0.717, 1.165) is 5.56 Å². The number of esters is 1. The molecule has 0 aliphatic carbocycles. The van der Waals surface area contributed by atoms with Crippen molar-refractivity contribution in [2.24, 2.45) is 5.73 Å². The van der Waals surface area contributed by atoms with Crippen LogP contribution in [0.5, 0.6) is 5.75 Å².